The Balaban J connectivity index is 1.90. The second-order valence-electron chi connectivity index (χ2n) is 8.03. The number of aromatic nitrogens is 1. The lowest BCUT2D eigenvalue weighted by Crippen LogP contribution is -2.54. The maximum absolute atomic E-state index is 12.7. The molecule has 0 saturated heterocycles. The van der Waals surface area contributed by atoms with Crippen LogP contribution >= 0.6 is 11.6 Å². The number of halogens is 1. The predicted molar refractivity (Wildman–Crippen MR) is 126 cm³/mol. The molecule has 2 aromatic rings. The van der Waals surface area contributed by atoms with Crippen molar-refractivity contribution in [3.63, 3.8) is 0 Å². The smallest absolute Gasteiger partial charge is 0.323 e. The van der Waals surface area contributed by atoms with Gasteiger partial charge >= 0.3 is 5.97 Å². The molecule has 0 aliphatic carbocycles. The van der Waals surface area contributed by atoms with Crippen molar-refractivity contribution in [1.29, 1.82) is 0 Å². The molecule has 1 aromatic carbocycles. The zero-order valence-electron chi connectivity index (χ0n) is 19.3. The fraction of sp³-hybridized carbons (Fsp3) is 0.391. The van der Waals surface area contributed by atoms with E-state index in [1.807, 2.05) is 17.9 Å². The van der Waals surface area contributed by atoms with Crippen LogP contribution in [0, 0.1) is 10.1 Å². The van der Waals surface area contributed by atoms with Gasteiger partial charge in [0.05, 0.1) is 25.2 Å². The number of carbonyl (C=O) groups excluding carboxylic acids is 1. The van der Waals surface area contributed by atoms with Crippen LogP contribution in [0.2, 0.25) is 5.15 Å². The summed E-state index contributed by atoms with van der Waals surface area (Å²) in [5.74, 6) is 0.133. The summed E-state index contributed by atoms with van der Waals surface area (Å²) in [7, 11) is 3.07. The van der Waals surface area contributed by atoms with E-state index in [4.69, 9.17) is 16.3 Å². The molecule has 1 aliphatic rings. The summed E-state index contributed by atoms with van der Waals surface area (Å²) in [6.45, 7) is 3.15. The molecule has 0 radical (unpaired) electrons. The molecular formula is C23H28ClN5O5. The third-order valence-electron chi connectivity index (χ3n) is 5.71. The molecule has 0 spiro atoms. The average molecular weight is 490 g/mol. The summed E-state index contributed by atoms with van der Waals surface area (Å²) in [6, 6.07) is 9.30. The van der Waals surface area contributed by atoms with E-state index in [9.17, 15) is 20.0 Å². The van der Waals surface area contributed by atoms with E-state index < -0.39 is 16.9 Å². The van der Waals surface area contributed by atoms with Crippen LogP contribution in [0.1, 0.15) is 18.1 Å². The Morgan fingerprint density at radius 1 is 1.29 bits per heavy atom. The van der Waals surface area contributed by atoms with E-state index in [1.165, 1.54) is 19.2 Å². The summed E-state index contributed by atoms with van der Waals surface area (Å²) in [5, 5.41) is 22.0. The Morgan fingerprint density at radius 2 is 1.97 bits per heavy atom. The summed E-state index contributed by atoms with van der Waals surface area (Å²) in [4.78, 5) is 33.9. The number of methoxy groups -OCH3 is 1. The number of phenolic OH excluding ortho intramolecular Hbond substituents is 1. The number of nitro groups is 1. The normalized spacial score (nSPS) is 15.2. The first-order chi connectivity index (χ1) is 16.2. The van der Waals surface area contributed by atoms with Gasteiger partial charge < -0.3 is 19.6 Å². The molecule has 2 heterocycles. The van der Waals surface area contributed by atoms with Crippen molar-refractivity contribution in [1.82, 2.24) is 19.7 Å². The number of aromatic hydroxyl groups is 1. The van der Waals surface area contributed by atoms with Gasteiger partial charge in [-0.1, -0.05) is 29.8 Å². The molecule has 10 nitrogen and oxygen atoms in total. The quantitative estimate of drug-likeness (QED) is 0.246. The minimum absolute atomic E-state index is 0.00266. The highest BCUT2D eigenvalue weighted by Crippen LogP contribution is 2.26. The molecule has 1 N–H and O–H groups in total. The van der Waals surface area contributed by atoms with Crippen LogP contribution in [0.15, 0.2) is 54.1 Å². The Morgan fingerprint density at radius 3 is 2.53 bits per heavy atom. The van der Waals surface area contributed by atoms with Crippen LogP contribution in [-0.4, -0.2) is 75.6 Å². The van der Waals surface area contributed by atoms with Crippen molar-refractivity contribution in [3.05, 3.63) is 80.5 Å². The van der Waals surface area contributed by atoms with Gasteiger partial charge in [-0.05, 0) is 42.7 Å². The number of hydrogen-bond acceptors (Lipinski definition) is 9. The van der Waals surface area contributed by atoms with Gasteiger partial charge in [-0.2, -0.15) is 0 Å². The summed E-state index contributed by atoms with van der Waals surface area (Å²) in [5.41, 5.74) is 1.67. The lowest BCUT2D eigenvalue weighted by molar-refractivity contribution is -0.434. The van der Waals surface area contributed by atoms with Crippen LogP contribution in [0.3, 0.4) is 0 Å². The van der Waals surface area contributed by atoms with E-state index in [0.717, 1.165) is 11.1 Å². The molecule has 0 amide bonds. The summed E-state index contributed by atoms with van der Waals surface area (Å²) < 4.78 is 5.01. The number of hydrogen-bond donors (Lipinski definition) is 1. The second kappa shape index (κ2) is 11.2. The van der Waals surface area contributed by atoms with Crippen molar-refractivity contribution in [2.45, 2.75) is 25.9 Å². The Labute approximate surface area is 203 Å². The number of benzene rings is 1. The van der Waals surface area contributed by atoms with Gasteiger partial charge in [0.2, 0.25) is 0 Å². The molecule has 0 unspecified atom stereocenters. The monoisotopic (exact) mass is 489 g/mol. The number of phenols is 1. The van der Waals surface area contributed by atoms with E-state index in [2.05, 4.69) is 4.98 Å². The Hall–Kier alpha value is -3.37. The van der Waals surface area contributed by atoms with Gasteiger partial charge in [-0.15, -0.1) is 0 Å². The minimum atomic E-state index is -0.732. The molecular weight excluding hydrogens is 462 g/mol. The van der Waals surface area contributed by atoms with Crippen LogP contribution in [0.4, 0.5) is 0 Å². The lowest BCUT2D eigenvalue weighted by atomic mass is 10.0. The van der Waals surface area contributed by atoms with Crippen LogP contribution in [0.5, 0.6) is 5.75 Å². The number of nitrogens with zero attached hydrogens (tertiary/aromatic N) is 5. The largest absolute Gasteiger partial charge is 0.508 e. The van der Waals surface area contributed by atoms with Crippen molar-refractivity contribution in [3.8, 4) is 5.75 Å². The zero-order chi connectivity index (χ0) is 24.8. The number of pyridine rings is 1. The molecule has 182 valence electrons. The minimum Gasteiger partial charge on any atom is -0.508 e. The van der Waals surface area contributed by atoms with Crippen LogP contribution in [-0.2, 0) is 22.5 Å². The molecule has 11 heteroatoms. The number of esters is 1. The maximum atomic E-state index is 12.7. The standard InChI is InChI=1S/C23H28ClN5O5/c1-4-27(13-17-7-10-21(24)25-12-17)22-20(29(32)33)14-28(15-26(22)2)19(23(31)34-3)11-16-5-8-18(30)9-6-16/h5-10,12,19,30H,4,11,13-15H2,1-3H3/t19-/m0/s1. The average Bonchev–Trinajstić information content (AvgIpc) is 2.82. The van der Waals surface area contributed by atoms with Gasteiger partial charge in [0.25, 0.3) is 5.70 Å². The molecule has 0 saturated carbocycles. The first kappa shape index (κ1) is 25.3. The molecule has 3 rings (SSSR count). The molecule has 0 bridgehead atoms. The van der Waals surface area contributed by atoms with Crippen LogP contribution in [0.25, 0.3) is 0 Å². The fourth-order valence-electron chi connectivity index (χ4n) is 4.05. The van der Waals surface area contributed by atoms with E-state index in [1.54, 1.807) is 41.2 Å². The second-order valence-corrected chi connectivity index (χ2v) is 8.41. The van der Waals surface area contributed by atoms with Gasteiger partial charge in [-0.3, -0.25) is 19.8 Å². The topological polar surface area (TPSA) is 112 Å². The first-order valence-corrected chi connectivity index (χ1v) is 11.1. The molecule has 1 aliphatic heterocycles. The highest BCUT2D eigenvalue weighted by molar-refractivity contribution is 6.29. The maximum Gasteiger partial charge on any atom is 0.323 e. The first-order valence-electron chi connectivity index (χ1n) is 10.8. The Kier molecular flexibility index (Phi) is 8.30. The van der Waals surface area contributed by atoms with E-state index in [0.29, 0.717) is 30.7 Å². The highest BCUT2D eigenvalue weighted by atomic mass is 35.5. The van der Waals surface area contributed by atoms with Crippen molar-refractivity contribution in [2.24, 2.45) is 0 Å². The molecule has 1 aromatic heterocycles. The summed E-state index contributed by atoms with van der Waals surface area (Å²) >= 11 is 5.88. The van der Waals surface area contributed by atoms with Crippen molar-refractivity contribution < 1.29 is 19.6 Å². The fourth-order valence-corrected chi connectivity index (χ4v) is 4.17. The zero-order valence-corrected chi connectivity index (χ0v) is 20.1. The van der Waals surface area contributed by atoms with Crippen molar-refractivity contribution >= 4 is 17.6 Å². The SMILES string of the molecule is CCN(Cc1ccc(Cl)nc1)C1=C([N+](=O)[O-])CN([C@@H](Cc2ccc(O)cc2)C(=O)OC)CN1C. The molecule has 34 heavy (non-hydrogen) atoms. The van der Waals surface area contributed by atoms with E-state index >= 15 is 0 Å². The van der Waals surface area contributed by atoms with Gasteiger partial charge in [0, 0.05) is 26.3 Å². The van der Waals surface area contributed by atoms with Crippen molar-refractivity contribution in [2.75, 3.05) is 33.9 Å². The Bertz CT molecular complexity index is 1040. The highest BCUT2D eigenvalue weighted by Gasteiger charge is 2.39. The number of ether oxygens (including phenoxy) is 1. The molecule has 1 atom stereocenters. The van der Waals surface area contributed by atoms with E-state index in [-0.39, 0.29) is 24.4 Å². The van der Waals surface area contributed by atoms with Gasteiger partial charge in [-0.25, -0.2) is 4.98 Å². The van der Waals surface area contributed by atoms with Gasteiger partial charge in [0.1, 0.15) is 16.9 Å². The molecule has 0 fully saturated rings. The van der Waals surface area contributed by atoms with Gasteiger partial charge in [0.15, 0.2) is 5.82 Å². The third-order valence-corrected chi connectivity index (χ3v) is 5.93. The third kappa shape index (κ3) is 5.95. The van der Waals surface area contributed by atoms with Crippen LogP contribution < -0.4 is 0 Å². The summed E-state index contributed by atoms with van der Waals surface area (Å²) in [6.07, 6.45) is 1.94. The number of rotatable bonds is 9. The lowest BCUT2D eigenvalue weighted by Gasteiger charge is -2.41. The number of carbonyl (C=O) groups is 1. The predicted octanol–water partition coefficient (Wildman–Crippen LogP) is 2.70.